The lowest BCUT2D eigenvalue weighted by molar-refractivity contribution is -0.161. The topological polar surface area (TPSA) is 237 Å². The van der Waals surface area contributed by atoms with E-state index in [0.29, 0.717) is 25.7 Å². The standard InChI is InChI=1S/C64H124O17P2/c1-9-56(7)42-34-26-20-22-29-37-45-62(67)75-51-59(80-63(68)46-38-30-19-15-14-17-25-33-41-55(5)6)52-78-82(70,71)76-48-58(65)49-77-83(72,73)79-53-60(81-64(69)47-39-31-23-21-27-35-43-57(8)10-2)50-74-61(66)44-36-28-18-13-11-12-16-24-32-40-54(3)4/h54-60,65H,9-53H2,1-8H3,(H,70,71)(H,72,73)/t56?,57?,58-,59+,60+/m0/s1. The fourth-order valence-corrected chi connectivity index (χ4v) is 10.9. The highest BCUT2D eigenvalue weighted by Crippen LogP contribution is 2.45. The maximum atomic E-state index is 13.0. The second-order valence-electron chi connectivity index (χ2n) is 24.6. The number of ether oxygens (including phenoxy) is 4. The Morgan fingerprint density at radius 1 is 0.337 bits per heavy atom. The van der Waals surface area contributed by atoms with Crippen LogP contribution in [0.15, 0.2) is 0 Å². The molecule has 0 aromatic rings. The van der Waals surface area contributed by atoms with Crippen molar-refractivity contribution >= 4 is 39.5 Å². The molecule has 0 aliphatic rings. The van der Waals surface area contributed by atoms with Crippen LogP contribution in [0.4, 0.5) is 0 Å². The van der Waals surface area contributed by atoms with Crippen molar-refractivity contribution in [3.05, 3.63) is 0 Å². The van der Waals surface area contributed by atoms with E-state index in [0.717, 1.165) is 120 Å². The maximum absolute atomic E-state index is 13.0. The normalized spacial score (nSPS) is 15.1. The minimum absolute atomic E-state index is 0.102. The molecule has 83 heavy (non-hydrogen) atoms. The summed E-state index contributed by atoms with van der Waals surface area (Å²) in [6.45, 7) is 13.9. The number of aliphatic hydroxyl groups excluding tert-OH is 1. The van der Waals surface area contributed by atoms with Gasteiger partial charge < -0.3 is 33.8 Å². The van der Waals surface area contributed by atoms with Crippen LogP contribution in [0.5, 0.6) is 0 Å². The van der Waals surface area contributed by atoms with Crippen molar-refractivity contribution in [3.8, 4) is 0 Å². The molecule has 19 heteroatoms. The monoisotopic (exact) mass is 1230 g/mol. The van der Waals surface area contributed by atoms with Crippen molar-refractivity contribution in [2.45, 2.75) is 324 Å². The van der Waals surface area contributed by atoms with Gasteiger partial charge in [0.05, 0.1) is 26.4 Å². The number of unbranched alkanes of at least 4 members (excludes halogenated alkanes) is 25. The van der Waals surface area contributed by atoms with Crippen LogP contribution < -0.4 is 0 Å². The van der Waals surface area contributed by atoms with Gasteiger partial charge in [-0.3, -0.25) is 37.3 Å². The zero-order chi connectivity index (χ0) is 61.8. The van der Waals surface area contributed by atoms with Gasteiger partial charge >= 0.3 is 39.5 Å². The van der Waals surface area contributed by atoms with Crippen molar-refractivity contribution in [1.29, 1.82) is 0 Å². The average Bonchev–Trinajstić information content (AvgIpc) is 3.45. The van der Waals surface area contributed by atoms with Crippen LogP contribution in [0.1, 0.15) is 306 Å². The zero-order valence-electron chi connectivity index (χ0n) is 53.8. The molecule has 0 saturated heterocycles. The smallest absolute Gasteiger partial charge is 0.462 e. The van der Waals surface area contributed by atoms with Crippen LogP contribution in [-0.4, -0.2) is 96.7 Å². The second-order valence-corrected chi connectivity index (χ2v) is 27.5. The largest absolute Gasteiger partial charge is 0.472 e. The third kappa shape index (κ3) is 56.3. The first-order chi connectivity index (χ1) is 39.7. The van der Waals surface area contributed by atoms with Gasteiger partial charge in [-0.15, -0.1) is 0 Å². The molecule has 3 N–H and O–H groups in total. The molecular weight excluding hydrogens is 1100 g/mol. The van der Waals surface area contributed by atoms with Crippen LogP contribution in [-0.2, 0) is 65.4 Å². The summed E-state index contributed by atoms with van der Waals surface area (Å²) in [6, 6.07) is 0. The third-order valence-electron chi connectivity index (χ3n) is 15.3. The first-order valence-corrected chi connectivity index (χ1v) is 36.3. The quantitative estimate of drug-likeness (QED) is 0.0222. The van der Waals surface area contributed by atoms with Crippen LogP contribution in [0.2, 0.25) is 0 Å². The van der Waals surface area contributed by atoms with Gasteiger partial charge in [-0.2, -0.15) is 0 Å². The van der Waals surface area contributed by atoms with E-state index in [2.05, 4.69) is 55.4 Å². The van der Waals surface area contributed by atoms with Gasteiger partial charge in [-0.05, 0) is 49.4 Å². The fourth-order valence-electron chi connectivity index (χ4n) is 9.36. The van der Waals surface area contributed by atoms with Crippen molar-refractivity contribution in [3.63, 3.8) is 0 Å². The van der Waals surface area contributed by atoms with E-state index in [4.69, 9.17) is 37.0 Å². The van der Waals surface area contributed by atoms with E-state index in [1.54, 1.807) is 0 Å². The average molecular weight is 1230 g/mol. The summed E-state index contributed by atoms with van der Waals surface area (Å²) in [5.74, 6) is 0.770. The highest BCUT2D eigenvalue weighted by atomic mass is 31.2. The summed E-state index contributed by atoms with van der Waals surface area (Å²) in [5.41, 5.74) is 0. The third-order valence-corrected chi connectivity index (χ3v) is 17.2. The summed E-state index contributed by atoms with van der Waals surface area (Å²) in [5, 5.41) is 10.5. The lowest BCUT2D eigenvalue weighted by atomic mass is 10.00. The number of carbonyl (C=O) groups excluding carboxylic acids is 4. The van der Waals surface area contributed by atoms with E-state index in [-0.39, 0.29) is 25.7 Å². The lowest BCUT2D eigenvalue weighted by Crippen LogP contribution is -2.30. The summed E-state index contributed by atoms with van der Waals surface area (Å²) < 4.78 is 68.0. The molecule has 0 bridgehead atoms. The number of aliphatic hydroxyl groups is 1. The molecule has 0 spiro atoms. The van der Waals surface area contributed by atoms with Gasteiger partial charge in [-0.1, -0.05) is 254 Å². The zero-order valence-corrected chi connectivity index (χ0v) is 55.6. The van der Waals surface area contributed by atoms with Gasteiger partial charge in [0, 0.05) is 25.7 Å². The molecule has 0 fully saturated rings. The molecule has 0 amide bonds. The molecule has 0 saturated carbocycles. The van der Waals surface area contributed by atoms with Crippen molar-refractivity contribution in [2.24, 2.45) is 23.7 Å². The van der Waals surface area contributed by atoms with Crippen molar-refractivity contribution < 1.29 is 80.2 Å². The van der Waals surface area contributed by atoms with E-state index in [1.165, 1.54) is 103 Å². The number of carbonyl (C=O) groups is 4. The summed E-state index contributed by atoms with van der Waals surface area (Å²) in [6.07, 6.45) is 33.6. The van der Waals surface area contributed by atoms with Gasteiger partial charge in [0.1, 0.15) is 19.3 Å². The van der Waals surface area contributed by atoms with E-state index >= 15 is 0 Å². The van der Waals surface area contributed by atoms with Gasteiger partial charge in [-0.25, -0.2) is 9.13 Å². The molecule has 0 aliphatic carbocycles. The van der Waals surface area contributed by atoms with Gasteiger partial charge in [0.2, 0.25) is 0 Å². The Kier molecular flexibility index (Phi) is 53.0. The number of hydrogen-bond donors (Lipinski definition) is 3. The minimum Gasteiger partial charge on any atom is -0.462 e. The molecule has 17 nitrogen and oxygen atoms in total. The molecule has 0 aromatic carbocycles. The van der Waals surface area contributed by atoms with Gasteiger partial charge in [0.15, 0.2) is 12.2 Å². The van der Waals surface area contributed by atoms with Crippen LogP contribution in [0.25, 0.3) is 0 Å². The summed E-state index contributed by atoms with van der Waals surface area (Å²) in [4.78, 5) is 72.2. The Morgan fingerprint density at radius 2 is 0.578 bits per heavy atom. The number of esters is 4. The van der Waals surface area contributed by atoms with Crippen LogP contribution in [0, 0.1) is 23.7 Å². The summed E-state index contributed by atoms with van der Waals surface area (Å²) >= 11 is 0. The van der Waals surface area contributed by atoms with Gasteiger partial charge in [0.25, 0.3) is 0 Å². The molecule has 492 valence electrons. The van der Waals surface area contributed by atoms with E-state index in [1.807, 2.05) is 0 Å². The SMILES string of the molecule is CCC(C)CCCCCCCCC(=O)OC[C@H](COP(=O)(O)OC[C@H](O)COP(=O)(O)OC[C@@H](COC(=O)CCCCCCCCCCCC(C)C)OC(=O)CCCCCCCCC(C)CC)OC(=O)CCCCCCCCCCC(C)C. The molecule has 0 aliphatic heterocycles. The van der Waals surface area contributed by atoms with Crippen LogP contribution in [0.3, 0.4) is 0 Å². The fraction of sp³-hybridized carbons (Fsp3) is 0.938. The number of phosphoric acid groups is 2. The maximum Gasteiger partial charge on any atom is 0.472 e. The minimum atomic E-state index is -4.95. The predicted octanol–water partition coefficient (Wildman–Crippen LogP) is 17.4. The molecule has 0 rings (SSSR count). The highest BCUT2D eigenvalue weighted by Gasteiger charge is 2.30. The first-order valence-electron chi connectivity index (χ1n) is 33.3. The van der Waals surface area contributed by atoms with E-state index in [9.17, 15) is 43.2 Å². The first kappa shape index (κ1) is 81.1. The lowest BCUT2D eigenvalue weighted by Gasteiger charge is -2.21. The second kappa shape index (κ2) is 54.2. The van der Waals surface area contributed by atoms with Crippen LogP contribution >= 0.6 is 15.6 Å². The molecule has 0 aromatic heterocycles. The molecule has 0 radical (unpaired) electrons. The Hall–Kier alpha value is -1.94. The molecule has 7 atom stereocenters. The predicted molar refractivity (Wildman–Crippen MR) is 331 cm³/mol. The number of rotatable bonds is 61. The summed E-state index contributed by atoms with van der Waals surface area (Å²) in [7, 11) is -9.89. The molecule has 0 heterocycles. The van der Waals surface area contributed by atoms with E-state index < -0.39 is 97.5 Å². The number of phosphoric ester groups is 2. The Bertz CT molecular complexity index is 1670. The van der Waals surface area contributed by atoms with Crippen molar-refractivity contribution in [1.82, 2.24) is 0 Å². The molecule has 4 unspecified atom stereocenters. The molecular formula is C64H124O17P2. The Labute approximate surface area is 505 Å². The van der Waals surface area contributed by atoms with Crippen molar-refractivity contribution in [2.75, 3.05) is 39.6 Å². The Morgan fingerprint density at radius 3 is 0.855 bits per heavy atom. The number of hydrogen-bond acceptors (Lipinski definition) is 15. The Balaban J connectivity index is 5.26. The highest BCUT2D eigenvalue weighted by molar-refractivity contribution is 7.47.